The first-order valence-corrected chi connectivity index (χ1v) is 27.0. The van der Waals surface area contributed by atoms with Gasteiger partial charge in [0, 0.05) is 82.1 Å². The van der Waals surface area contributed by atoms with E-state index in [0.29, 0.717) is 24.8 Å². The Balaban J connectivity index is -0.000000854. The summed E-state index contributed by atoms with van der Waals surface area (Å²) in [4.78, 5) is 46.1. The number of nitrogens with two attached hydrogens (primary N) is 1. The summed E-state index contributed by atoms with van der Waals surface area (Å²) >= 11 is 3.21. The number of rotatable bonds is 15. The number of methoxy groups -OCH3 is 3. The molecule has 14 nitrogen and oxygen atoms in total. The number of allylic oxidation sites excluding steroid dienone is 1. The molecular formula is C61H89BrCl2MgN4O10. The summed E-state index contributed by atoms with van der Waals surface area (Å²) in [5, 5.41) is 30.1. The Hall–Kier alpha value is -4.01. The van der Waals surface area contributed by atoms with Crippen LogP contribution in [0.1, 0.15) is 85.3 Å². The van der Waals surface area contributed by atoms with E-state index in [9.17, 15) is 29.4 Å². The first kappa shape index (κ1) is 79.2. The van der Waals surface area contributed by atoms with Crippen molar-refractivity contribution in [3.8, 4) is 0 Å². The number of fused-ring (bicyclic) bond motifs is 2. The van der Waals surface area contributed by atoms with Crippen molar-refractivity contribution >= 4 is 75.6 Å². The van der Waals surface area contributed by atoms with E-state index >= 15 is 0 Å². The number of likely N-dealkylation sites (tertiary alicyclic amines) is 1. The largest absolute Gasteiger partial charge is 2.00 e. The third-order valence-electron chi connectivity index (χ3n) is 12.2. The number of aliphatic hydroxyl groups is 3. The van der Waals surface area contributed by atoms with E-state index in [1.165, 1.54) is 69.3 Å². The van der Waals surface area contributed by atoms with Gasteiger partial charge in [-0.3, -0.25) is 29.0 Å². The number of alkyl halides is 1. The average Bonchev–Trinajstić information content (AvgIpc) is 3.88. The van der Waals surface area contributed by atoms with Gasteiger partial charge in [-0.05, 0) is 49.3 Å². The summed E-state index contributed by atoms with van der Waals surface area (Å²) in [6, 6.07) is 39.7. The van der Waals surface area contributed by atoms with Crippen LogP contribution in [0, 0.1) is 18.3 Å². The second-order valence-corrected chi connectivity index (χ2v) is 19.3. The smallest absolute Gasteiger partial charge is 1.00 e. The van der Waals surface area contributed by atoms with E-state index in [1.54, 1.807) is 18.2 Å². The van der Waals surface area contributed by atoms with E-state index in [2.05, 4.69) is 96.3 Å². The van der Waals surface area contributed by atoms with Crippen LogP contribution in [0.4, 0.5) is 0 Å². The normalized spacial score (nSPS) is 18.5. The summed E-state index contributed by atoms with van der Waals surface area (Å²) in [7, 11) is 5.12. The SMILES string of the molecule is C=C(C)CBr.C=CCN(CC(=O)OC)Cc1ccccc1.CO.COC(=O)CCCc1ccccc1.COC(=O)CN.Cl.O=Cc1ccccc1.O[C@@]12CNC[C@@H]1C2.O[C@]12C[C@H]1CN(Cc1ccccc1)C2.[CH-]1CCCC1.[Cl-].[Mg+2]. The zero-order chi connectivity index (χ0) is 56.5. The average molecular weight is 1210 g/mol. The van der Waals surface area contributed by atoms with Crippen molar-refractivity contribution in [2.45, 2.75) is 89.0 Å². The number of aldehydes is 1. The Morgan fingerprint density at radius 3 is 1.61 bits per heavy atom. The van der Waals surface area contributed by atoms with Gasteiger partial charge in [0.1, 0.15) is 6.29 Å². The third-order valence-corrected chi connectivity index (χ3v) is 13.2. The number of benzene rings is 4. The first-order valence-electron chi connectivity index (χ1n) is 25.9. The molecule has 18 heteroatoms. The molecular weight excluding hydrogens is 1120 g/mol. The molecule has 4 atom stereocenters. The molecule has 2 aliphatic heterocycles. The number of nitrogens with one attached hydrogen (secondary N) is 1. The molecule has 4 aromatic carbocycles. The Kier molecular flexibility index (Phi) is 48.8. The van der Waals surface area contributed by atoms with Crippen LogP contribution in [0.15, 0.2) is 146 Å². The fraction of sp³-hybridized carbons (Fsp3) is 0.459. The van der Waals surface area contributed by atoms with Crippen molar-refractivity contribution in [2.24, 2.45) is 17.6 Å². The van der Waals surface area contributed by atoms with Gasteiger partial charge in [-0.25, -0.2) is 0 Å². The van der Waals surface area contributed by atoms with E-state index < -0.39 is 0 Å². The minimum absolute atomic E-state index is 0. The van der Waals surface area contributed by atoms with Gasteiger partial charge in [0.2, 0.25) is 0 Å². The molecule has 3 saturated carbocycles. The fourth-order valence-corrected chi connectivity index (χ4v) is 7.81. The summed E-state index contributed by atoms with van der Waals surface area (Å²) < 4.78 is 13.3. The van der Waals surface area contributed by atoms with Crippen LogP contribution in [0.25, 0.3) is 0 Å². The van der Waals surface area contributed by atoms with Crippen LogP contribution in [-0.2, 0) is 48.1 Å². The van der Waals surface area contributed by atoms with Gasteiger partial charge in [-0.2, -0.15) is 12.8 Å². The minimum Gasteiger partial charge on any atom is -1.00 e. The number of piperidine rings is 2. The van der Waals surface area contributed by atoms with Crippen molar-refractivity contribution in [1.29, 1.82) is 0 Å². The van der Waals surface area contributed by atoms with Crippen molar-refractivity contribution in [3.63, 3.8) is 0 Å². The predicted octanol–water partition coefficient (Wildman–Crippen LogP) is 5.62. The second-order valence-electron chi connectivity index (χ2n) is 18.7. The molecule has 3 aliphatic carbocycles. The minimum atomic E-state index is -0.380. The van der Waals surface area contributed by atoms with Crippen LogP contribution in [-0.4, -0.2) is 163 Å². The summed E-state index contributed by atoms with van der Waals surface area (Å²) in [6.07, 6.45) is 15.0. The van der Waals surface area contributed by atoms with Gasteiger partial charge in [0.15, 0.2) is 0 Å². The molecule has 5 aliphatic rings. The number of carbonyl (C=O) groups excluding carboxylic acids is 4. The number of β-amino-alcohol motifs (C(OH)–C–C–N with tert-alkyl or cyclic N) is 2. The standard InChI is InChI=1S/C13H17NO2.C12H15NO.C11H14O2.C7H6O.C5H9NO.C5H9.C4H7Br.C3H7NO2.CH4O.2ClH.Mg/c1-3-9-14(11-13(15)16-2)10-12-7-5-4-6-8-12;14-12-6-11(12)8-13(9-12)7-10-4-2-1-3-5-10;1-13-11(12)9-5-8-10-6-3-2-4-7-10;8-6-7-4-2-1-3-5-7;7-5-1-4(5)2-6-3-5;1-2-4-5-3-1;1-4(2)3-5;1-6-3(5)2-4;1-2;;;/h3-8H,1,9-11H2,2H3;1-5,11,14H,6-9H2;2-4,6-7H,5,8-9H2,1H3;1-6H;4,6-7H,1-3H2;1H,2-5H2;1,3H2,2H3;2,4H2,1H3;2H,1H3;2*1H;/q;;;;;-1;;;;;;+2/p-1/t;11-,12-;;;4-,5-;;;;;;;/m.0..0......./s1. The van der Waals surface area contributed by atoms with Crippen LogP contribution in [0.5, 0.6) is 0 Å². The number of ether oxygens (including phenoxy) is 3. The van der Waals surface area contributed by atoms with E-state index in [0.717, 1.165) is 89.2 Å². The van der Waals surface area contributed by atoms with Crippen molar-refractivity contribution in [2.75, 3.05) is 79.6 Å². The first-order chi connectivity index (χ1) is 36.7. The molecule has 0 bridgehead atoms. The van der Waals surface area contributed by atoms with Gasteiger partial charge in [0.25, 0.3) is 0 Å². The third kappa shape index (κ3) is 38.4. The summed E-state index contributed by atoms with van der Waals surface area (Å²) in [6.45, 7) is 15.7. The van der Waals surface area contributed by atoms with Crippen LogP contribution < -0.4 is 23.5 Å². The number of hydrogen-bond donors (Lipinski definition) is 5. The van der Waals surface area contributed by atoms with Crippen LogP contribution >= 0.6 is 28.3 Å². The van der Waals surface area contributed by atoms with E-state index in [-0.39, 0.29) is 90.1 Å². The number of carbonyl (C=O) groups is 4. The molecule has 5 fully saturated rings. The van der Waals surface area contributed by atoms with E-state index in [1.807, 2.05) is 84.6 Å². The Morgan fingerprint density at radius 1 is 0.797 bits per heavy atom. The molecule has 0 radical (unpaired) electrons. The van der Waals surface area contributed by atoms with Crippen LogP contribution in [0.3, 0.4) is 0 Å². The Labute approximate surface area is 509 Å². The molecule has 4 aromatic rings. The number of halogens is 3. The van der Waals surface area contributed by atoms with Crippen molar-refractivity contribution < 1.29 is 61.1 Å². The molecule has 2 heterocycles. The van der Waals surface area contributed by atoms with Crippen molar-refractivity contribution in [3.05, 3.63) is 175 Å². The topological polar surface area (TPSA) is 201 Å². The summed E-state index contributed by atoms with van der Waals surface area (Å²) in [5.74, 6) is 0.433. The zero-order valence-electron chi connectivity index (χ0n) is 47.3. The molecule has 79 heavy (non-hydrogen) atoms. The quantitative estimate of drug-likeness (QED) is 0.0187. The Bertz CT molecular complexity index is 2160. The number of nitrogens with zero attached hydrogens (tertiary/aromatic N) is 2. The molecule has 0 unspecified atom stereocenters. The van der Waals surface area contributed by atoms with Gasteiger partial charge in [-0.1, -0.05) is 168 Å². The van der Waals surface area contributed by atoms with Crippen molar-refractivity contribution in [1.82, 2.24) is 15.1 Å². The molecule has 0 aromatic heterocycles. The number of aliphatic hydroxyl groups excluding tert-OH is 1. The summed E-state index contributed by atoms with van der Waals surface area (Å²) in [5.41, 5.74) is 9.94. The monoisotopic (exact) mass is 1210 g/mol. The number of esters is 3. The molecule has 9 rings (SSSR count). The van der Waals surface area contributed by atoms with Crippen LogP contribution in [0.2, 0.25) is 0 Å². The van der Waals surface area contributed by atoms with E-state index in [4.69, 9.17) is 10.8 Å². The maximum absolute atomic E-state index is 11.2. The second kappa shape index (κ2) is 48.7. The van der Waals surface area contributed by atoms with Gasteiger partial charge < -0.3 is 59.4 Å². The maximum atomic E-state index is 11.2. The maximum Gasteiger partial charge on any atom is 2.00 e. The molecule has 6 N–H and O–H groups in total. The van der Waals surface area contributed by atoms with Gasteiger partial charge >= 0.3 is 41.0 Å². The van der Waals surface area contributed by atoms with Gasteiger partial charge in [0.05, 0.1) is 45.6 Å². The molecule has 2 saturated heterocycles. The van der Waals surface area contributed by atoms with Gasteiger partial charge in [-0.15, -0.1) is 19.0 Å². The number of aryl methyl sites for hydroxylation is 1. The molecule has 0 amide bonds. The zero-order valence-corrected chi connectivity index (χ0v) is 51.9. The molecule has 0 spiro atoms. The predicted molar refractivity (Wildman–Crippen MR) is 321 cm³/mol. The number of hydrogen-bond acceptors (Lipinski definition) is 14. The molecule has 436 valence electrons. The fourth-order valence-electron chi connectivity index (χ4n) is 7.81. The Morgan fingerprint density at radius 2 is 1.28 bits per heavy atom.